The van der Waals surface area contributed by atoms with Crippen LogP contribution < -0.4 is 15.0 Å². The van der Waals surface area contributed by atoms with E-state index in [4.69, 9.17) is 21.4 Å². The van der Waals surface area contributed by atoms with E-state index in [9.17, 15) is 19.2 Å². The van der Waals surface area contributed by atoms with Gasteiger partial charge in [-0.3, -0.25) is 14.9 Å². The van der Waals surface area contributed by atoms with Crippen molar-refractivity contribution < 1.29 is 29.0 Å². The molecular formula is C19H13ClN2O6. The van der Waals surface area contributed by atoms with Crippen LogP contribution in [0.5, 0.6) is 5.75 Å². The van der Waals surface area contributed by atoms with Gasteiger partial charge in [-0.15, -0.1) is 0 Å². The molecule has 3 rings (SSSR count). The third kappa shape index (κ3) is 4.18. The Morgan fingerprint density at radius 3 is 2.32 bits per heavy atom. The molecule has 2 N–H and O–H groups in total. The smallest absolute Gasteiger partial charge is 0.341 e. The Kier molecular flexibility index (Phi) is 5.42. The number of carbonyl (C=O) groups is 4. The number of ether oxygens (including phenoxy) is 1. The Balaban J connectivity index is 1.86. The van der Waals surface area contributed by atoms with E-state index in [1.54, 1.807) is 12.1 Å². The zero-order valence-electron chi connectivity index (χ0n) is 14.2. The van der Waals surface area contributed by atoms with Crippen LogP contribution in [0.15, 0.2) is 54.1 Å². The van der Waals surface area contributed by atoms with Crippen molar-refractivity contribution in [3.8, 4) is 5.75 Å². The summed E-state index contributed by atoms with van der Waals surface area (Å²) in [5.41, 5.74) is 0.531. The van der Waals surface area contributed by atoms with Crippen molar-refractivity contribution in [2.24, 2.45) is 0 Å². The van der Waals surface area contributed by atoms with Crippen molar-refractivity contribution in [1.29, 1.82) is 0 Å². The molecule has 1 aliphatic rings. The number of amides is 4. The second-order valence-electron chi connectivity index (χ2n) is 5.69. The van der Waals surface area contributed by atoms with Gasteiger partial charge in [0, 0.05) is 5.02 Å². The van der Waals surface area contributed by atoms with Gasteiger partial charge < -0.3 is 9.84 Å². The maximum absolute atomic E-state index is 12.7. The summed E-state index contributed by atoms with van der Waals surface area (Å²) >= 11 is 5.82. The fourth-order valence-corrected chi connectivity index (χ4v) is 2.58. The molecule has 8 nitrogen and oxygen atoms in total. The molecule has 0 aliphatic carbocycles. The minimum atomic E-state index is -1.11. The molecule has 9 heteroatoms. The van der Waals surface area contributed by atoms with Crippen LogP contribution in [0.2, 0.25) is 5.02 Å². The SMILES string of the molecule is O=C(O)COc1ccc(/C=C2/C(=O)NC(=O)N(c3ccc(Cl)cc3)C2=O)cc1. The number of barbiturate groups is 1. The lowest BCUT2D eigenvalue weighted by molar-refractivity contribution is -0.139. The number of anilines is 1. The highest BCUT2D eigenvalue weighted by Crippen LogP contribution is 2.24. The summed E-state index contributed by atoms with van der Waals surface area (Å²) in [6.07, 6.45) is 1.33. The highest BCUT2D eigenvalue weighted by Gasteiger charge is 2.36. The second-order valence-corrected chi connectivity index (χ2v) is 6.12. The van der Waals surface area contributed by atoms with Gasteiger partial charge in [-0.2, -0.15) is 0 Å². The molecule has 0 radical (unpaired) electrons. The van der Waals surface area contributed by atoms with Crippen molar-refractivity contribution in [3.63, 3.8) is 0 Å². The van der Waals surface area contributed by atoms with Crippen molar-refractivity contribution >= 4 is 47.2 Å². The fourth-order valence-electron chi connectivity index (χ4n) is 2.45. The number of rotatable bonds is 5. The molecule has 2 aromatic rings. The first kappa shape index (κ1) is 19.1. The first-order valence-corrected chi connectivity index (χ1v) is 8.34. The minimum Gasteiger partial charge on any atom is -0.482 e. The zero-order chi connectivity index (χ0) is 20.3. The van der Waals surface area contributed by atoms with Gasteiger partial charge in [0.05, 0.1) is 5.69 Å². The summed E-state index contributed by atoms with van der Waals surface area (Å²) in [6.45, 7) is -0.487. The van der Waals surface area contributed by atoms with Gasteiger partial charge in [0.2, 0.25) is 0 Å². The molecule has 1 fully saturated rings. The predicted molar refractivity (Wildman–Crippen MR) is 100 cm³/mol. The number of hydrogen-bond acceptors (Lipinski definition) is 5. The molecule has 4 amide bonds. The van der Waals surface area contributed by atoms with E-state index in [1.807, 2.05) is 0 Å². The molecule has 2 aromatic carbocycles. The molecule has 1 heterocycles. The minimum absolute atomic E-state index is 0.228. The summed E-state index contributed by atoms with van der Waals surface area (Å²) in [7, 11) is 0. The Morgan fingerprint density at radius 1 is 1.07 bits per heavy atom. The summed E-state index contributed by atoms with van der Waals surface area (Å²) in [6, 6.07) is 11.3. The standard InChI is InChI=1S/C19H13ClN2O6/c20-12-3-5-13(6-4-12)22-18(26)15(17(25)21-19(22)27)9-11-1-7-14(8-2-11)28-10-16(23)24/h1-9H,10H2,(H,23,24)(H,21,25,27)/b15-9-. The predicted octanol–water partition coefficient (Wildman–Crippen LogP) is 2.47. The van der Waals surface area contributed by atoms with Crippen LogP contribution >= 0.6 is 11.6 Å². The van der Waals surface area contributed by atoms with E-state index < -0.39 is 30.4 Å². The van der Waals surface area contributed by atoms with Crippen LogP contribution in [0.3, 0.4) is 0 Å². The number of carbonyl (C=O) groups excluding carboxylic acids is 3. The van der Waals surface area contributed by atoms with Crippen LogP contribution in [0.4, 0.5) is 10.5 Å². The molecule has 1 aliphatic heterocycles. The van der Waals surface area contributed by atoms with E-state index in [1.165, 1.54) is 42.5 Å². The molecule has 0 saturated carbocycles. The van der Waals surface area contributed by atoms with Gasteiger partial charge in [0.1, 0.15) is 11.3 Å². The summed E-state index contributed by atoms with van der Waals surface area (Å²) < 4.78 is 5.02. The Bertz CT molecular complexity index is 982. The number of hydrogen-bond donors (Lipinski definition) is 2. The van der Waals surface area contributed by atoms with Gasteiger partial charge in [0.15, 0.2) is 6.61 Å². The monoisotopic (exact) mass is 400 g/mol. The summed E-state index contributed by atoms with van der Waals surface area (Å²) in [5, 5.41) is 11.2. The number of urea groups is 1. The third-order valence-corrected chi connectivity index (χ3v) is 3.99. The van der Waals surface area contributed by atoms with Gasteiger partial charge in [-0.1, -0.05) is 23.7 Å². The van der Waals surface area contributed by atoms with Crippen LogP contribution in [0.1, 0.15) is 5.56 Å². The molecule has 1 saturated heterocycles. The summed E-state index contributed by atoms with van der Waals surface area (Å²) in [5.74, 6) is -2.38. The van der Waals surface area contributed by atoms with Crippen LogP contribution in [-0.2, 0) is 14.4 Å². The van der Waals surface area contributed by atoms with Crippen molar-refractivity contribution in [2.45, 2.75) is 0 Å². The molecule has 0 bridgehead atoms. The number of carboxylic acid groups (broad SMARTS) is 1. The highest BCUT2D eigenvalue weighted by atomic mass is 35.5. The Hall–Kier alpha value is -3.65. The number of aliphatic carboxylic acids is 1. The number of halogens is 1. The van der Waals surface area contributed by atoms with Gasteiger partial charge in [0.25, 0.3) is 11.8 Å². The molecule has 0 unspecified atom stereocenters. The Morgan fingerprint density at radius 2 is 1.71 bits per heavy atom. The van der Waals surface area contributed by atoms with Crippen molar-refractivity contribution in [2.75, 3.05) is 11.5 Å². The van der Waals surface area contributed by atoms with Crippen molar-refractivity contribution in [1.82, 2.24) is 5.32 Å². The lowest BCUT2D eigenvalue weighted by Gasteiger charge is -2.26. The number of imide groups is 2. The number of carboxylic acids is 1. The molecule has 28 heavy (non-hydrogen) atoms. The average Bonchev–Trinajstić information content (AvgIpc) is 2.66. The lowest BCUT2D eigenvalue weighted by atomic mass is 10.1. The molecular weight excluding hydrogens is 388 g/mol. The van der Waals surface area contributed by atoms with Crippen LogP contribution in [0.25, 0.3) is 6.08 Å². The van der Waals surface area contributed by atoms with Crippen LogP contribution in [-0.4, -0.2) is 35.5 Å². The molecule has 0 spiro atoms. The average molecular weight is 401 g/mol. The Labute approximate surface area is 164 Å². The van der Waals surface area contributed by atoms with Crippen molar-refractivity contribution in [3.05, 3.63) is 64.7 Å². The van der Waals surface area contributed by atoms with E-state index in [0.29, 0.717) is 16.3 Å². The van der Waals surface area contributed by atoms with Gasteiger partial charge >= 0.3 is 12.0 Å². The highest BCUT2D eigenvalue weighted by molar-refractivity contribution is 6.39. The van der Waals surface area contributed by atoms with E-state index in [-0.39, 0.29) is 11.3 Å². The first-order chi connectivity index (χ1) is 13.3. The maximum atomic E-state index is 12.7. The quantitative estimate of drug-likeness (QED) is 0.588. The normalized spacial score (nSPS) is 15.5. The van der Waals surface area contributed by atoms with Gasteiger partial charge in [-0.25, -0.2) is 14.5 Å². The maximum Gasteiger partial charge on any atom is 0.341 e. The first-order valence-electron chi connectivity index (χ1n) is 7.97. The third-order valence-electron chi connectivity index (χ3n) is 3.74. The largest absolute Gasteiger partial charge is 0.482 e. The topological polar surface area (TPSA) is 113 Å². The number of benzene rings is 2. The van der Waals surface area contributed by atoms with Gasteiger partial charge in [-0.05, 0) is 48.0 Å². The zero-order valence-corrected chi connectivity index (χ0v) is 15.0. The molecule has 0 atom stereocenters. The molecule has 142 valence electrons. The summed E-state index contributed by atoms with van der Waals surface area (Å²) in [4.78, 5) is 48.3. The van der Waals surface area contributed by atoms with E-state index in [2.05, 4.69) is 5.32 Å². The van der Waals surface area contributed by atoms with Crippen LogP contribution in [0, 0.1) is 0 Å². The number of nitrogens with zero attached hydrogens (tertiary/aromatic N) is 1. The fraction of sp³-hybridized carbons (Fsp3) is 0.0526. The van der Waals surface area contributed by atoms with E-state index in [0.717, 1.165) is 4.90 Å². The number of nitrogens with one attached hydrogen (secondary N) is 1. The second kappa shape index (κ2) is 7.93. The lowest BCUT2D eigenvalue weighted by Crippen LogP contribution is -2.54. The molecule has 0 aromatic heterocycles. The van der Waals surface area contributed by atoms with E-state index >= 15 is 0 Å².